The van der Waals surface area contributed by atoms with Crippen molar-refractivity contribution in [1.29, 1.82) is 0 Å². The zero-order chi connectivity index (χ0) is 12.1. The Kier molecular flexibility index (Phi) is 5.47. The average Bonchev–Trinajstić information content (AvgIpc) is 2.28. The van der Waals surface area contributed by atoms with Crippen LogP contribution < -0.4 is 0 Å². The molecule has 4 unspecified atom stereocenters. The van der Waals surface area contributed by atoms with Gasteiger partial charge in [-0.1, -0.05) is 27.2 Å². The van der Waals surface area contributed by atoms with Crippen molar-refractivity contribution in [3.05, 3.63) is 0 Å². The van der Waals surface area contributed by atoms with E-state index in [4.69, 9.17) is 4.74 Å². The predicted octanol–water partition coefficient (Wildman–Crippen LogP) is 3.44. The normalized spacial score (nSPS) is 32.4. The van der Waals surface area contributed by atoms with Gasteiger partial charge in [-0.2, -0.15) is 0 Å². The third-order valence-corrected chi connectivity index (χ3v) is 4.15. The van der Waals surface area contributed by atoms with Crippen LogP contribution in [0.25, 0.3) is 0 Å². The van der Waals surface area contributed by atoms with Gasteiger partial charge in [0.15, 0.2) is 5.78 Å². The minimum Gasteiger partial charge on any atom is -0.374 e. The number of hydrogen-bond acceptors (Lipinski definition) is 2. The summed E-state index contributed by atoms with van der Waals surface area (Å²) < 4.78 is 5.32. The van der Waals surface area contributed by atoms with Crippen molar-refractivity contribution in [3.63, 3.8) is 0 Å². The van der Waals surface area contributed by atoms with Crippen molar-refractivity contribution in [2.75, 3.05) is 7.11 Å². The lowest BCUT2D eigenvalue weighted by Gasteiger charge is -2.32. The Labute approximate surface area is 99.8 Å². The summed E-state index contributed by atoms with van der Waals surface area (Å²) in [5, 5.41) is 0. The molecule has 0 aliphatic heterocycles. The molecule has 2 nitrogen and oxygen atoms in total. The van der Waals surface area contributed by atoms with Gasteiger partial charge in [0, 0.05) is 13.0 Å². The van der Waals surface area contributed by atoms with Crippen LogP contribution in [-0.4, -0.2) is 19.0 Å². The predicted molar refractivity (Wildman–Crippen MR) is 66.4 cm³/mol. The number of rotatable bonds is 5. The monoisotopic (exact) mass is 226 g/mol. The van der Waals surface area contributed by atoms with E-state index in [2.05, 4.69) is 20.8 Å². The lowest BCUT2D eigenvalue weighted by molar-refractivity contribution is -0.135. The van der Waals surface area contributed by atoms with Crippen molar-refractivity contribution in [2.24, 2.45) is 17.8 Å². The third-order valence-electron chi connectivity index (χ3n) is 4.15. The van der Waals surface area contributed by atoms with E-state index in [1.54, 1.807) is 7.11 Å². The molecule has 1 aliphatic carbocycles. The molecular weight excluding hydrogens is 200 g/mol. The molecule has 0 aromatic heterocycles. The molecule has 0 spiro atoms. The molecule has 0 saturated heterocycles. The molecule has 0 N–H and O–H groups in total. The zero-order valence-corrected chi connectivity index (χ0v) is 11.2. The second-order valence-electron chi connectivity index (χ2n) is 5.38. The fraction of sp³-hybridized carbons (Fsp3) is 0.929. The summed E-state index contributed by atoms with van der Waals surface area (Å²) in [6.07, 6.45) is 5.05. The van der Waals surface area contributed by atoms with Crippen LogP contribution in [0.5, 0.6) is 0 Å². The maximum Gasteiger partial charge on any atom is 0.164 e. The Morgan fingerprint density at radius 2 is 2.00 bits per heavy atom. The SMILES string of the molecule is CCCC(OC)C(=O)C1CCC(C)C(C)C1. The standard InChI is InChI=1S/C14H26O2/c1-5-6-13(16-4)14(15)12-8-7-10(2)11(3)9-12/h10-13H,5-9H2,1-4H3. The van der Waals surface area contributed by atoms with Crippen molar-refractivity contribution in [2.45, 2.75) is 59.0 Å². The molecule has 2 heteroatoms. The van der Waals surface area contributed by atoms with Gasteiger partial charge in [0.2, 0.25) is 0 Å². The summed E-state index contributed by atoms with van der Waals surface area (Å²) in [6.45, 7) is 6.67. The summed E-state index contributed by atoms with van der Waals surface area (Å²) in [6, 6.07) is 0. The summed E-state index contributed by atoms with van der Waals surface area (Å²) in [7, 11) is 1.66. The Morgan fingerprint density at radius 3 is 2.50 bits per heavy atom. The smallest absolute Gasteiger partial charge is 0.164 e. The lowest BCUT2D eigenvalue weighted by atomic mass is 9.73. The number of ether oxygens (including phenoxy) is 1. The average molecular weight is 226 g/mol. The van der Waals surface area contributed by atoms with E-state index in [9.17, 15) is 4.79 Å². The van der Waals surface area contributed by atoms with E-state index < -0.39 is 0 Å². The molecule has 1 rings (SSSR count). The number of carbonyl (C=O) groups excluding carboxylic acids is 1. The Bertz CT molecular complexity index is 225. The van der Waals surface area contributed by atoms with E-state index in [1.807, 2.05) is 0 Å². The minimum atomic E-state index is -0.157. The molecule has 0 aromatic rings. The quantitative estimate of drug-likeness (QED) is 0.717. The summed E-state index contributed by atoms with van der Waals surface area (Å²) in [4.78, 5) is 12.2. The highest BCUT2D eigenvalue weighted by atomic mass is 16.5. The summed E-state index contributed by atoms with van der Waals surface area (Å²) in [5.41, 5.74) is 0. The van der Waals surface area contributed by atoms with Gasteiger partial charge in [0.05, 0.1) is 0 Å². The molecule has 0 radical (unpaired) electrons. The highest BCUT2D eigenvalue weighted by Gasteiger charge is 2.32. The molecule has 0 heterocycles. The maximum absolute atomic E-state index is 12.2. The first-order chi connectivity index (χ1) is 7.60. The molecule has 0 bridgehead atoms. The van der Waals surface area contributed by atoms with Gasteiger partial charge in [-0.3, -0.25) is 4.79 Å². The number of methoxy groups -OCH3 is 1. The molecule has 16 heavy (non-hydrogen) atoms. The van der Waals surface area contributed by atoms with Crippen molar-refractivity contribution >= 4 is 5.78 Å². The van der Waals surface area contributed by atoms with E-state index in [0.29, 0.717) is 11.7 Å². The number of hydrogen-bond donors (Lipinski definition) is 0. The summed E-state index contributed by atoms with van der Waals surface area (Å²) >= 11 is 0. The first kappa shape index (κ1) is 13.7. The first-order valence-corrected chi connectivity index (χ1v) is 6.66. The Hall–Kier alpha value is -0.370. The van der Waals surface area contributed by atoms with E-state index >= 15 is 0 Å². The van der Waals surface area contributed by atoms with Crippen molar-refractivity contribution in [1.82, 2.24) is 0 Å². The van der Waals surface area contributed by atoms with Gasteiger partial charge in [0.1, 0.15) is 6.10 Å². The second kappa shape index (κ2) is 6.39. The van der Waals surface area contributed by atoms with E-state index in [0.717, 1.165) is 31.6 Å². The number of Topliss-reactive ketones (excluding diaryl/α,β-unsaturated/α-hetero) is 1. The Balaban J connectivity index is 2.53. The molecule has 1 fully saturated rings. The van der Waals surface area contributed by atoms with Crippen molar-refractivity contribution < 1.29 is 9.53 Å². The molecule has 1 aliphatic rings. The molecule has 0 aromatic carbocycles. The minimum absolute atomic E-state index is 0.157. The second-order valence-corrected chi connectivity index (χ2v) is 5.38. The van der Waals surface area contributed by atoms with Crippen LogP contribution in [0.3, 0.4) is 0 Å². The van der Waals surface area contributed by atoms with Gasteiger partial charge in [0.25, 0.3) is 0 Å². The van der Waals surface area contributed by atoms with E-state index in [-0.39, 0.29) is 12.0 Å². The van der Waals surface area contributed by atoms with Crippen LogP contribution in [0.2, 0.25) is 0 Å². The highest BCUT2D eigenvalue weighted by molar-refractivity contribution is 5.85. The fourth-order valence-electron chi connectivity index (χ4n) is 2.71. The van der Waals surface area contributed by atoms with Gasteiger partial charge in [-0.05, 0) is 37.5 Å². The van der Waals surface area contributed by atoms with Crippen LogP contribution in [0.15, 0.2) is 0 Å². The van der Waals surface area contributed by atoms with Crippen LogP contribution in [0, 0.1) is 17.8 Å². The first-order valence-electron chi connectivity index (χ1n) is 6.66. The van der Waals surface area contributed by atoms with Crippen LogP contribution in [0.4, 0.5) is 0 Å². The van der Waals surface area contributed by atoms with Gasteiger partial charge < -0.3 is 4.74 Å². The molecular formula is C14H26O2. The number of carbonyl (C=O) groups is 1. The van der Waals surface area contributed by atoms with Crippen LogP contribution >= 0.6 is 0 Å². The topological polar surface area (TPSA) is 26.3 Å². The van der Waals surface area contributed by atoms with Crippen molar-refractivity contribution in [3.8, 4) is 0 Å². The summed E-state index contributed by atoms with van der Waals surface area (Å²) in [5.74, 6) is 2.06. The van der Waals surface area contributed by atoms with E-state index in [1.165, 1.54) is 6.42 Å². The lowest BCUT2D eigenvalue weighted by Crippen LogP contribution is -2.34. The third kappa shape index (κ3) is 3.31. The fourth-order valence-corrected chi connectivity index (χ4v) is 2.71. The van der Waals surface area contributed by atoms with Crippen LogP contribution in [0.1, 0.15) is 52.9 Å². The zero-order valence-electron chi connectivity index (χ0n) is 11.2. The molecule has 1 saturated carbocycles. The Morgan fingerprint density at radius 1 is 1.31 bits per heavy atom. The number of ketones is 1. The molecule has 4 atom stereocenters. The molecule has 0 amide bonds. The van der Waals surface area contributed by atoms with Gasteiger partial charge in [-0.25, -0.2) is 0 Å². The highest BCUT2D eigenvalue weighted by Crippen LogP contribution is 2.34. The van der Waals surface area contributed by atoms with Gasteiger partial charge in [-0.15, -0.1) is 0 Å². The largest absolute Gasteiger partial charge is 0.374 e. The van der Waals surface area contributed by atoms with Gasteiger partial charge >= 0.3 is 0 Å². The molecule has 94 valence electrons. The maximum atomic E-state index is 12.2. The van der Waals surface area contributed by atoms with Crippen LogP contribution in [-0.2, 0) is 9.53 Å².